The number of hydrogen-bond acceptors (Lipinski definition) is 4. The molecule has 0 unspecified atom stereocenters. The van der Waals surface area contributed by atoms with Crippen molar-refractivity contribution in [3.63, 3.8) is 0 Å². The summed E-state index contributed by atoms with van der Waals surface area (Å²) in [4.78, 5) is 37.6. The minimum Gasteiger partial charge on any atom is -0.478 e. The normalized spacial score (nSPS) is 14.0. The highest BCUT2D eigenvalue weighted by atomic mass is 16.4. The summed E-state index contributed by atoms with van der Waals surface area (Å²) in [5.74, 6) is -0.140. The van der Waals surface area contributed by atoms with E-state index in [-0.39, 0.29) is 17.4 Å². The predicted octanol–water partition coefficient (Wildman–Crippen LogP) is 6.07. The molecule has 7 heteroatoms. The molecule has 4 aromatic rings. The van der Waals surface area contributed by atoms with Crippen LogP contribution in [-0.2, 0) is 16.1 Å². The molecule has 1 aromatic heterocycles. The van der Waals surface area contributed by atoms with E-state index >= 15 is 0 Å². The summed E-state index contributed by atoms with van der Waals surface area (Å²) in [6.45, 7) is 1.75. The van der Waals surface area contributed by atoms with Crippen molar-refractivity contribution < 1.29 is 23.9 Å². The van der Waals surface area contributed by atoms with Crippen LogP contribution in [0.15, 0.2) is 107 Å². The number of anilines is 1. The predicted molar refractivity (Wildman–Crippen MR) is 145 cm³/mol. The van der Waals surface area contributed by atoms with Gasteiger partial charge in [0.25, 0.3) is 5.91 Å². The van der Waals surface area contributed by atoms with E-state index < -0.39 is 5.97 Å². The van der Waals surface area contributed by atoms with Gasteiger partial charge in [0.1, 0.15) is 11.5 Å². The first kappa shape index (κ1) is 24.5. The molecule has 1 aliphatic heterocycles. The molecule has 3 aromatic carbocycles. The van der Waals surface area contributed by atoms with Gasteiger partial charge in [0.05, 0.1) is 17.8 Å². The van der Waals surface area contributed by atoms with Crippen LogP contribution < -0.4 is 5.32 Å². The first-order chi connectivity index (χ1) is 18.4. The smallest absolute Gasteiger partial charge is 0.335 e. The monoisotopic (exact) mass is 504 g/mol. The summed E-state index contributed by atoms with van der Waals surface area (Å²) >= 11 is 0. The number of carboxylic acids is 1. The number of nitrogens with one attached hydrogen (secondary N) is 1. The fourth-order valence-electron chi connectivity index (χ4n) is 4.26. The van der Waals surface area contributed by atoms with Crippen molar-refractivity contribution in [3.8, 4) is 11.3 Å². The van der Waals surface area contributed by atoms with Crippen LogP contribution in [-0.4, -0.2) is 27.8 Å². The SMILES string of the molecule is CC(=O)Nc1ccc(-c2ccc(/C=C3\C=C(c4ccccc4)N(Cc4ccc(C(=O)O)cc4)C3=O)o2)cc1. The van der Waals surface area contributed by atoms with E-state index in [1.807, 2.05) is 54.6 Å². The molecule has 2 N–H and O–H groups in total. The van der Waals surface area contributed by atoms with Crippen LogP contribution in [0.25, 0.3) is 23.1 Å². The average molecular weight is 505 g/mol. The van der Waals surface area contributed by atoms with Gasteiger partial charge in [-0.1, -0.05) is 42.5 Å². The number of nitrogens with zero attached hydrogens (tertiary/aromatic N) is 1. The largest absolute Gasteiger partial charge is 0.478 e. The highest BCUT2D eigenvalue weighted by Crippen LogP contribution is 2.33. The molecule has 7 nitrogen and oxygen atoms in total. The standard InChI is InChI=1S/C31H24N2O5/c1-20(34)32-26-13-11-23(12-14-26)29-16-15-27(38-29)17-25-18-28(22-5-3-2-4-6-22)33(30(25)35)19-21-7-9-24(10-8-21)31(36)37/h2-18H,19H2,1H3,(H,32,34)(H,36,37)/b25-17+. The molecule has 1 aliphatic rings. The third kappa shape index (κ3) is 5.32. The molecule has 2 amide bonds. The van der Waals surface area contributed by atoms with Crippen LogP contribution in [0.1, 0.15) is 34.2 Å². The zero-order chi connectivity index (χ0) is 26.6. The Balaban J connectivity index is 1.42. The number of carbonyl (C=O) groups is 3. The summed E-state index contributed by atoms with van der Waals surface area (Å²) in [6, 6.07) is 27.1. The third-order valence-corrected chi connectivity index (χ3v) is 6.10. The van der Waals surface area contributed by atoms with Crippen molar-refractivity contribution in [2.24, 2.45) is 0 Å². The lowest BCUT2D eigenvalue weighted by molar-refractivity contribution is -0.123. The third-order valence-electron chi connectivity index (χ3n) is 6.10. The van der Waals surface area contributed by atoms with Gasteiger partial charge in [0.2, 0.25) is 5.91 Å². The lowest BCUT2D eigenvalue weighted by Crippen LogP contribution is -2.25. The Hall–Kier alpha value is -5.17. The summed E-state index contributed by atoms with van der Waals surface area (Å²) in [5, 5.41) is 11.9. The Morgan fingerprint density at radius 2 is 1.61 bits per heavy atom. The minimum absolute atomic E-state index is 0.139. The fourth-order valence-corrected chi connectivity index (χ4v) is 4.26. The Labute approximate surface area is 219 Å². The van der Waals surface area contributed by atoms with Crippen LogP contribution in [0, 0.1) is 0 Å². The van der Waals surface area contributed by atoms with Crippen LogP contribution in [0.5, 0.6) is 0 Å². The van der Waals surface area contributed by atoms with E-state index in [1.54, 1.807) is 41.3 Å². The van der Waals surface area contributed by atoms with E-state index in [0.717, 1.165) is 22.4 Å². The van der Waals surface area contributed by atoms with E-state index in [9.17, 15) is 19.5 Å². The van der Waals surface area contributed by atoms with Crippen LogP contribution in [0.3, 0.4) is 0 Å². The minimum atomic E-state index is -0.995. The first-order valence-corrected chi connectivity index (χ1v) is 12.0. The summed E-state index contributed by atoms with van der Waals surface area (Å²) in [6.07, 6.45) is 3.56. The van der Waals surface area contributed by atoms with Crippen molar-refractivity contribution in [2.45, 2.75) is 13.5 Å². The number of hydrogen-bond donors (Lipinski definition) is 2. The summed E-state index contributed by atoms with van der Waals surface area (Å²) in [7, 11) is 0. The van der Waals surface area contributed by atoms with E-state index in [1.165, 1.54) is 19.1 Å². The average Bonchev–Trinajstić information content (AvgIpc) is 3.50. The van der Waals surface area contributed by atoms with Gasteiger partial charge < -0.3 is 19.7 Å². The van der Waals surface area contributed by atoms with Crippen molar-refractivity contribution in [1.82, 2.24) is 4.90 Å². The lowest BCUT2D eigenvalue weighted by atomic mass is 10.1. The second kappa shape index (κ2) is 10.4. The molecule has 2 heterocycles. The summed E-state index contributed by atoms with van der Waals surface area (Å²) in [5.41, 5.74) is 4.67. The fraction of sp³-hybridized carbons (Fsp3) is 0.0645. The quantitative estimate of drug-likeness (QED) is 0.298. The molecule has 5 rings (SSSR count). The Morgan fingerprint density at radius 3 is 2.26 bits per heavy atom. The number of carbonyl (C=O) groups excluding carboxylic acids is 2. The van der Waals surface area contributed by atoms with Gasteiger partial charge in [-0.25, -0.2) is 4.79 Å². The molecular formula is C31H24N2O5. The Bertz CT molecular complexity index is 1560. The topological polar surface area (TPSA) is 99.9 Å². The number of carboxylic acid groups (broad SMARTS) is 1. The molecule has 0 bridgehead atoms. The Morgan fingerprint density at radius 1 is 0.895 bits per heavy atom. The van der Waals surface area contributed by atoms with Gasteiger partial charge in [-0.3, -0.25) is 9.59 Å². The number of amides is 2. The molecule has 0 fully saturated rings. The van der Waals surface area contributed by atoms with Crippen molar-refractivity contribution in [2.75, 3.05) is 5.32 Å². The van der Waals surface area contributed by atoms with Crippen LogP contribution >= 0.6 is 0 Å². The van der Waals surface area contributed by atoms with E-state index in [2.05, 4.69) is 5.32 Å². The molecule has 0 aliphatic carbocycles. The van der Waals surface area contributed by atoms with E-state index in [0.29, 0.717) is 29.3 Å². The van der Waals surface area contributed by atoms with Gasteiger partial charge in [-0.05, 0) is 71.8 Å². The number of aromatic carboxylic acids is 1. The molecule has 38 heavy (non-hydrogen) atoms. The van der Waals surface area contributed by atoms with Crippen molar-refractivity contribution in [3.05, 3.63) is 125 Å². The van der Waals surface area contributed by atoms with Crippen LogP contribution in [0.2, 0.25) is 0 Å². The highest BCUT2D eigenvalue weighted by molar-refractivity contribution is 6.10. The zero-order valence-electron chi connectivity index (χ0n) is 20.5. The van der Waals surface area contributed by atoms with Crippen LogP contribution in [0.4, 0.5) is 5.69 Å². The lowest BCUT2D eigenvalue weighted by Gasteiger charge is -2.21. The maximum absolute atomic E-state index is 13.5. The molecule has 188 valence electrons. The van der Waals surface area contributed by atoms with Crippen molar-refractivity contribution in [1.29, 1.82) is 0 Å². The molecule has 0 saturated heterocycles. The zero-order valence-corrected chi connectivity index (χ0v) is 20.5. The number of furan rings is 1. The maximum atomic E-state index is 13.5. The van der Waals surface area contributed by atoms with E-state index in [4.69, 9.17) is 4.42 Å². The Kier molecular flexibility index (Phi) is 6.74. The van der Waals surface area contributed by atoms with Gasteiger partial charge in [-0.2, -0.15) is 0 Å². The van der Waals surface area contributed by atoms with Gasteiger partial charge in [0, 0.05) is 23.7 Å². The molecular weight excluding hydrogens is 480 g/mol. The molecule has 0 spiro atoms. The number of rotatable bonds is 7. The van der Waals surface area contributed by atoms with Gasteiger partial charge in [-0.15, -0.1) is 0 Å². The maximum Gasteiger partial charge on any atom is 0.335 e. The first-order valence-electron chi connectivity index (χ1n) is 12.0. The highest BCUT2D eigenvalue weighted by Gasteiger charge is 2.29. The van der Waals surface area contributed by atoms with Crippen molar-refractivity contribution >= 4 is 35.2 Å². The summed E-state index contributed by atoms with van der Waals surface area (Å²) < 4.78 is 6.01. The van der Waals surface area contributed by atoms with Gasteiger partial charge >= 0.3 is 5.97 Å². The molecule has 0 saturated carbocycles. The van der Waals surface area contributed by atoms with Gasteiger partial charge in [0.15, 0.2) is 0 Å². The second-order valence-electron chi connectivity index (χ2n) is 8.85. The molecule has 0 atom stereocenters. The molecule has 0 radical (unpaired) electrons. The number of benzene rings is 3. The second-order valence-corrected chi connectivity index (χ2v) is 8.85.